The van der Waals surface area contributed by atoms with Crippen LogP contribution >= 0.6 is 0 Å². The molecule has 3 nitrogen and oxygen atoms in total. The smallest absolute Gasteiger partial charge is 0.302 e. The van der Waals surface area contributed by atoms with Crippen LogP contribution in [-0.4, -0.2) is 29.9 Å². The van der Waals surface area contributed by atoms with Gasteiger partial charge in [0, 0.05) is 6.92 Å². The summed E-state index contributed by atoms with van der Waals surface area (Å²) in [6.45, 7) is 10.8. The van der Waals surface area contributed by atoms with Gasteiger partial charge in [-0.25, -0.2) is 0 Å². The molecule has 14 heavy (non-hydrogen) atoms. The van der Waals surface area contributed by atoms with Crippen LogP contribution in [0.4, 0.5) is 0 Å². The van der Waals surface area contributed by atoms with Gasteiger partial charge in [-0.2, -0.15) is 0 Å². The Morgan fingerprint density at radius 1 is 1.36 bits per heavy atom. The fourth-order valence-corrected chi connectivity index (χ4v) is 7.29. The fraction of sp³-hybridized carbons (Fsp3) is 0.889. The first kappa shape index (κ1) is 13.9. The number of rotatable bonds is 6. The van der Waals surface area contributed by atoms with Crippen molar-refractivity contribution in [1.82, 2.24) is 0 Å². The van der Waals surface area contributed by atoms with Crippen molar-refractivity contribution in [3.8, 4) is 0 Å². The molecule has 1 unspecified atom stereocenters. The lowest BCUT2D eigenvalue weighted by atomic mass is 10.5. The third-order valence-electron chi connectivity index (χ3n) is 1.62. The minimum Gasteiger partial charge on any atom is -0.466 e. The Labute approximate surface area is 89.7 Å². The molecule has 84 valence electrons. The minimum atomic E-state index is -1.35. The predicted octanol–water partition coefficient (Wildman–Crippen LogP) is 2.14. The van der Waals surface area contributed by atoms with Gasteiger partial charge in [-0.3, -0.25) is 4.79 Å². The van der Waals surface area contributed by atoms with Gasteiger partial charge in [-0.15, -0.1) is 0 Å². The summed E-state index contributed by atoms with van der Waals surface area (Å²) in [7, 11) is -2.37. The van der Waals surface area contributed by atoms with Crippen LogP contribution in [0.3, 0.4) is 0 Å². The molecule has 1 atom stereocenters. The lowest BCUT2D eigenvalue weighted by Gasteiger charge is -2.22. The SMILES string of the molecule is CC(=O)OCCC[SiH](C)O[Si](C)(C)C. The van der Waals surface area contributed by atoms with Gasteiger partial charge in [0.2, 0.25) is 0 Å². The van der Waals surface area contributed by atoms with Crippen molar-refractivity contribution < 1.29 is 13.6 Å². The number of esters is 1. The summed E-state index contributed by atoms with van der Waals surface area (Å²) >= 11 is 0. The molecule has 0 aromatic rings. The molecule has 0 aromatic heterocycles. The third kappa shape index (κ3) is 9.95. The second kappa shape index (κ2) is 6.37. The second-order valence-corrected chi connectivity index (χ2v) is 11.9. The van der Waals surface area contributed by atoms with E-state index in [9.17, 15) is 4.79 Å². The molecule has 0 bridgehead atoms. The van der Waals surface area contributed by atoms with E-state index in [1.165, 1.54) is 6.92 Å². The van der Waals surface area contributed by atoms with Crippen molar-refractivity contribution in [2.24, 2.45) is 0 Å². The number of hydrogen-bond acceptors (Lipinski definition) is 3. The zero-order valence-corrected chi connectivity index (χ0v) is 12.1. The van der Waals surface area contributed by atoms with Gasteiger partial charge in [0.1, 0.15) is 0 Å². The van der Waals surface area contributed by atoms with Gasteiger partial charge in [0.25, 0.3) is 0 Å². The van der Waals surface area contributed by atoms with Crippen LogP contribution in [0.2, 0.25) is 32.2 Å². The lowest BCUT2D eigenvalue weighted by molar-refractivity contribution is -0.140. The Morgan fingerprint density at radius 3 is 2.36 bits per heavy atom. The van der Waals surface area contributed by atoms with Gasteiger partial charge in [-0.1, -0.05) is 0 Å². The van der Waals surface area contributed by atoms with Crippen molar-refractivity contribution in [3.05, 3.63) is 0 Å². The van der Waals surface area contributed by atoms with E-state index >= 15 is 0 Å². The largest absolute Gasteiger partial charge is 0.466 e. The molecule has 0 aliphatic rings. The molecule has 0 aliphatic carbocycles. The molecule has 0 radical (unpaired) electrons. The molecule has 0 N–H and O–H groups in total. The van der Waals surface area contributed by atoms with E-state index in [4.69, 9.17) is 8.85 Å². The normalized spacial score (nSPS) is 13.8. The molecule has 0 heterocycles. The molecule has 0 aromatic carbocycles. The number of carbonyl (C=O) groups excluding carboxylic acids is 1. The predicted molar refractivity (Wildman–Crippen MR) is 63.5 cm³/mol. The summed E-state index contributed by atoms with van der Waals surface area (Å²) in [6, 6.07) is 1.09. The van der Waals surface area contributed by atoms with E-state index in [0.29, 0.717) is 6.61 Å². The maximum absolute atomic E-state index is 10.5. The van der Waals surface area contributed by atoms with Crippen molar-refractivity contribution in [2.45, 2.75) is 45.6 Å². The van der Waals surface area contributed by atoms with Gasteiger partial charge < -0.3 is 8.85 Å². The van der Waals surface area contributed by atoms with Crippen LogP contribution < -0.4 is 0 Å². The van der Waals surface area contributed by atoms with Crippen LogP contribution in [0.25, 0.3) is 0 Å². The van der Waals surface area contributed by atoms with Crippen LogP contribution in [0.1, 0.15) is 13.3 Å². The van der Waals surface area contributed by atoms with Gasteiger partial charge in [-0.05, 0) is 38.7 Å². The average molecular weight is 234 g/mol. The van der Waals surface area contributed by atoms with E-state index < -0.39 is 17.4 Å². The minimum absolute atomic E-state index is 0.189. The summed E-state index contributed by atoms with van der Waals surface area (Å²) in [6.07, 6.45) is 0.942. The molecule has 0 amide bonds. The van der Waals surface area contributed by atoms with E-state index in [-0.39, 0.29) is 5.97 Å². The molecule has 0 rings (SSSR count). The van der Waals surface area contributed by atoms with E-state index in [0.717, 1.165) is 12.5 Å². The molecule has 0 saturated heterocycles. The maximum Gasteiger partial charge on any atom is 0.302 e. The van der Waals surface area contributed by atoms with Gasteiger partial charge in [0.05, 0.1) is 6.61 Å². The Kier molecular flexibility index (Phi) is 6.30. The van der Waals surface area contributed by atoms with Crippen LogP contribution in [0.15, 0.2) is 0 Å². The van der Waals surface area contributed by atoms with Crippen molar-refractivity contribution >= 4 is 23.3 Å². The topological polar surface area (TPSA) is 35.5 Å². The number of carbonyl (C=O) groups is 1. The first-order chi connectivity index (χ1) is 6.31. The summed E-state index contributed by atoms with van der Waals surface area (Å²) in [5.74, 6) is -0.189. The maximum atomic E-state index is 10.5. The molecule has 0 spiro atoms. The highest BCUT2D eigenvalue weighted by Crippen LogP contribution is 2.09. The van der Waals surface area contributed by atoms with Crippen LogP contribution in [0.5, 0.6) is 0 Å². The summed E-state index contributed by atoms with van der Waals surface area (Å²) in [5.41, 5.74) is 0. The van der Waals surface area contributed by atoms with Crippen LogP contribution in [-0.2, 0) is 13.6 Å². The molecule has 0 saturated carbocycles. The summed E-state index contributed by atoms with van der Waals surface area (Å²) in [4.78, 5) is 10.5. The monoisotopic (exact) mass is 234 g/mol. The molecular formula is C9H22O3Si2. The number of ether oxygens (including phenoxy) is 1. The second-order valence-electron chi connectivity index (χ2n) is 4.52. The van der Waals surface area contributed by atoms with E-state index in [1.807, 2.05) is 0 Å². The van der Waals surface area contributed by atoms with Crippen LogP contribution in [0, 0.1) is 0 Å². The van der Waals surface area contributed by atoms with Gasteiger partial charge >= 0.3 is 5.97 Å². The first-order valence-electron chi connectivity index (χ1n) is 5.12. The zero-order chi connectivity index (χ0) is 11.2. The molecule has 0 aliphatic heterocycles. The average Bonchev–Trinajstić information content (AvgIpc) is 1.94. The highest BCUT2D eigenvalue weighted by Gasteiger charge is 2.18. The Hall–Kier alpha value is -0.136. The van der Waals surface area contributed by atoms with E-state index in [1.54, 1.807) is 0 Å². The molecule has 0 fully saturated rings. The van der Waals surface area contributed by atoms with Crippen molar-refractivity contribution in [3.63, 3.8) is 0 Å². The van der Waals surface area contributed by atoms with Crippen molar-refractivity contribution in [1.29, 1.82) is 0 Å². The van der Waals surface area contributed by atoms with Gasteiger partial charge in [0.15, 0.2) is 17.4 Å². The molecular weight excluding hydrogens is 212 g/mol. The molecule has 5 heteroatoms. The first-order valence-corrected chi connectivity index (χ1v) is 11.0. The fourth-order valence-electron chi connectivity index (χ4n) is 1.25. The quantitative estimate of drug-likeness (QED) is 0.401. The highest BCUT2D eigenvalue weighted by atomic mass is 28.4. The highest BCUT2D eigenvalue weighted by molar-refractivity contribution is 6.77. The Bertz CT molecular complexity index is 177. The Morgan fingerprint density at radius 2 is 1.93 bits per heavy atom. The van der Waals surface area contributed by atoms with Crippen molar-refractivity contribution in [2.75, 3.05) is 6.61 Å². The Balaban J connectivity index is 3.45. The number of hydrogen-bond donors (Lipinski definition) is 0. The van der Waals surface area contributed by atoms with E-state index in [2.05, 4.69) is 26.2 Å². The summed E-state index contributed by atoms with van der Waals surface area (Å²) in [5, 5.41) is 0. The lowest BCUT2D eigenvalue weighted by Crippen LogP contribution is -2.33. The standard InChI is InChI=1S/C9H22O3Si2/c1-9(10)11-7-6-8-13(2)12-14(3,4)5/h13H,6-8H2,1-5H3. The zero-order valence-electron chi connectivity index (χ0n) is 9.92. The third-order valence-corrected chi connectivity index (χ3v) is 7.27. The summed E-state index contributed by atoms with van der Waals surface area (Å²) < 4.78 is 10.8.